The van der Waals surface area contributed by atoms with E-state index in [1.54, 1.807) is 11.9 Å². The maximum atomic E-state index is 12.2. The topological polar surface area (TPSA) is 38.8 Å². The van der Waals surface area contributed by atoms with Crippen LogP contribution in [0.4, 0.5) is 5.69 Å². The van der Waals surface area contributed by atoms with Gasteiger partial charge in [-0.1, -0.05) is 18.8 Å². The normalized spacial score (nSPS) is 22.2. The fraction of sp³-hybridized carbons (Fsp3) is 0.500. The monoisotopic (exact) mass is 299 g/mol. The Morgan fingerprint density at radius 3 is 2.82 bits per heavy atom. The van der Waals surface area contributed by atoms with Crippen molar-refractivity contribution in [3.63, 3.8) is 0 Å². The van der Waals surface area contributed by atoms with Gasteiger partial charge in [0.2, 0.25) is 5.91 Å². The van der Waals surface area contributed by atoms with Crippen molar-refractivity contribution in [2.24, 2.45) is 11.8 Å². The minimum atomic E-state index is -0.130. The molecule has 2 heterocycles. The van der Waals surface area contributed by atoms with Crippen molar-refractivity contribution in [1.29, 1.82) is 0 Å². The lowest BCUT2D eigenvalue weighted by molar-refractivity contribution is -0.122. The van der Waals surface area contributed by atoms with Gasteiger partial charge in [0, 0.05) is 31.7 Å². The van der Waals surface area contributed by atoms with Crippen LogP contribution >= 0.6 is 0 Å². The lowest BCUT2D eigenvalue weighted by atomic mass is 10.0. The molecule has 1 atom stereocenters. The number of amides is 1. The van der Waals surface area contributed by atoms with E-state index in [2.05, 4.69) is 11.8 Å². The molecule has 0 radical (unpaired) electrons. The minimum Gasteiger partial charge on any atom is -0.491 e. The van der Waals surface area contributed by atoms with E-state index >= 15 is 0 Å². The van der Waals surface area contributed by atoms with Gasteiger partial charge in [-0.2, -0.15) is 0 Å². The third-order valence-electron chi connectivity index (χ3n) is 4.20. The van der Waals surface area contributed by atoms with Crippen LogP contribution < -0.4 is 9.64 Å². The summed E-state index contributed by atoms with van der Waals surface area (Å²) in [6, 6.07) is 5.81. The van der Waals surface area contributed by atoms with Crippen LogP contribution in [0.1, 0.15) is 25.3 Å². The molecule has 1 saturated heterocycles. The van der Waals surface area contributed by atoms with Gasteiger partial charge >= 0.3 is 0 Å². The molecule has 0 spiro atoms. The van der Waals surface area contributed by atoms with Gasteiger partial charge in [0.25, 0.3) is 0 Å². The Hall–Kier alpha value is -1.99. The second kappa shape index (κ2) is 6.41. The van der Waals surface area contributed by atoms with E-state index in [9.17, 15) is 4.79 Å². The van der Waals surface area contributed by atoms with Crippen LogP contribution in [0.25, 0.3) is 0 Å². The maximum Gasteiger partial charge on any atom is 0.233 e. The number of hydrogen-bond acceptors (Lipinski definition) is 3. The molecule has 0 saturated carbocycles. The fourth-order valence-electron chi connectivity index (χ4n) is 2.74. The van der Waals surface area contributed by atoms with Crippen LogP contribution in [0, 0.1) is 23.7 Å². The Kier molecular flexibility index (Phi) is 4.35. The number of anilines is 1. The van der Waals surface area contributed by atoms with E-state index < -0.39 is 0 Å². The van der Waals surface area contributed by atoms with Gasteiger partial charge in [0.1, 0.15) is 5.75 Å². The summed E-state index contributed by atoms with van der Waals surface area (Å²) in [5.74, 6) is 7.65. The van der Waals surface area contributed by atoms with Crippen molar-refractivity contribution in [3.05, 3.63) is 23.8 Å². The number of carbonyl (C=O) groups excluding carboxylic acids is 1. The third kappa shape index (κ3) is 3.10. The SMILES string of the molecule is C[C@H]1COc2ccc(C#CC3CCOCC3)cc2N(C)C1=O. The average molecular weight is 299 g/mol. The van der Waals surface area contributed by atoms with Crippen LogP contribution in [0.3, 0.4) is 0 Å². The molecule has 1 amide bonds. The first-order valence-corrected chi connectivity index (χ1v) is 7.79. The molecule has 4 heteroatoms. The third-order valence-corrected chi connectivity index (χ3v) is 4.20. The average Bonchev–Trinajstić information content (AvgIpc) is 2.66. The van der Waals surface area contributed by atoms with Crippen LogP contribution in [0.15, 0.2) is 18.2 Å². The van der Waals surface area contributed by atoms with Crippen molar-refractivity contribution in [1.82, 2.24) is 0 Å². The lowest BCUT2D eigenvalue weighted by Crippen LogP contribution is -2.31. The highest BCUT2D eigenvalue weighted by molar-refractivity contribution is 5.96. The second-order valence-corrected chi connectivity index (χ2v) is 5.95. The van der Waals surface area contributed by atoms with Crippen LogP contribution in [-0.2, 0) is 9.53 Å². The van der Waals surface area contributed by atoms with Crippen molar-refractivity contribution >= 4 is 11.6 Å². The van der Waals surface area contributed by atoms with Crippen molar-refractivity contribution in [2.45, 2.75) is 19.8 Å². The highest BCUT2D eigenvalue weighted by atomic mass is 16.5. The number of nitrogens with zero attached hydrogens (tertiary/aromatic N) is 1. The molecule has 116 valence electrons. The molecule has 3 rings (SSSR count). The molecule has 0 N–H and O–H groups in total. The summed E-state index contributed by atoms with van der Waals surface area (Å²) in [6.07, 6.45) is 1.99. The zero-order valence-electron chi connectivity index (χ0n) is 13.1. The van der Waals surface area contributed by atoms with Crippen LogP contribution in [0.5, 0.6) is 5.75 Å². The Morgan fingerprint density at radius 2 is 2.05 bits per heavy atom. The van der Waals surface area contributed by atoms with Crippen molar-refractivity contribution < 1.29 is 14.3 Å². The molecule has 0 aliphatic carbocycles. The van der Waals surface area contributed by atoms with E-state index in [1.807, 2.05) is 25.1 Å². The summed E-state index contributed by atoms with van der Waals surface area (Å²) in [4.78, 5) is 13.9. The van der Waals surface area contributed by atoms with Crippen LogP contribution in [-0.4, -0.2) is 32.8 Å². The van der Waals surface area contributed by atoms with Gasteiger partial charge in [-0.3, -0.25) is 4.79 Å². The number of rotatable bonds is 0. The quantitative estimate of drug-likeness (QED) is 0.691. The molecule has 1 aromatic carbocycles. The van der Waals surface area contributed by atoms with E-state index in [0.29, 0.717) is 12.5 Å². The first-order valence-electron chi connectivity index (χ1n) is 7.79. The zero-order valence-corrected chi connectivity index (χ0v) is 13.1. The first kappa shape index (κ1) is 14.9. The number of ether oxygens (including phenoxy) is 2. The standard InChI is InChI=1S/C18H21NO3/c1-13-12-22-17-6-5-15(11-16(17)19(2)18(13)20)4-3-14-7-9-21-10-8-14/h5-6,11,13-14H,7-10,12H2,1-2H3/t13-/m0/s1. The van der Waals surface area contributed by atoms with E-state index in [1.165, 1.54) is 0 Å². The summed E-state index contributed by atoms with van der Waals surface area (Å²) >= 11 is 0. The molecule has 4 nitrogen and oxygen atoms in total. The molecule has 0 unspecified atom stereocenters. The molecular weight excluding hydrogens is 278 g/mol. The number of hydrogen-bond donors (Lipinski definition) is 0. The summed E-state index contributed by atoms with van der Waals surface area (Å²) < 4.78 is 11.1. The molecule has 2 aliphatic rings. The maximum absolute atomic E-state index is 12.2. The Labute approximate surface area is 131 Å². The first-order chi connectivity index (χ1) is 10.6. The molecular formula is C18H21NO3. The smallest absolute Gasteiger partial charge is 0.233 e. The van der Waals surface area contributed by atoms with E-state index in [4.69, 9.17) is 9.47 Å². The van der Waals surface area contributed by atoms with Gasteiger partial charge in [-0.15, -0.1) is 0 Å². The summed E-state index contributed by atoms with van der Waals surface area (Å²) in [6.45, 7) is 3.90. The van der Waals surface area contributed by atoms with Gasteiger partial charge in [-0.05, 0) is 31.0 Å². The predicted octanol–water partition coefficient (Wildman–Crippen LogP) is 2.46. The lowest BCUT2D eigenvalue weighted by Gasteiger charge is -2.18. The van der Waals surface area contributed by atoms with Crippen molar-refractivity contribution in [2.75, 3.05) is 31.8 Å². The van der Waals surface area contributed by atoms with E-state index in [0.717, 1.165) is 43.1 Å². The zero-order chi connectivity index (χ0) is 15.5. The minimum absolute atomic E-state index is 0.0771. The Morgan fingerprint density at radius 1 is 1.27 bits per heavy atom. The number of benzene rings is 1. The van der Waals surface area contributed by atoms with Crippen molar-refractivity contribution in [3.8, 4) is 17.6 Å². The molecule has 0 aromatic heterocycles. The van der Waals surface area contributed by atoms with Gasteiger partial charge in [0.05, 0.1) is 18.2 Å². The summed E-state index contributed by atoms with van der Waals surface area (Å²) in [5.41, 5.74) is 1.72. The van der Waals surface area contributed by atoms with Crippen LogP contribution in [0.2, 0.25) is 0 Å². The summed E-state index contributed by atoms with van der Waals surface area (Å²) in [7, 11) is 1.79. The molecule has 0 bridgehead atoms. The molecule has 2 aliphatic heterocycles. The fourth-order valence-corrected chi connectivity index (χ4v) is 2.74. The number of carbonyl (C=O) groups is 1. The highest BCUT2D eigenvalue weighted by Gasteiger charge is 2.26. The van der Waals surface area contributed by atoms with E-state index in [-0.39, 0.29) is 11.8 Å². The van der Waals surface area contributed by atoms with Gasteiger partial charge in [-0.25, -0.2) is 0 Å². The highest BCUT2D eigenvalue weighted by Crippen LogP contribution is 2.32. The Balaban J connectivity index is 1.84. The summed E-state index contributed by atoms with van der Waals surface area (Å²) in [5, 5.41) is 0. The molecule has 22 heavy (non-hydrogen) atoms. The number of fused-ring (bicyclic) bond motifs is 1. The van der Waals surface area contributed by atoms with Gasteiger partial charge in [0.15, 0.2) is 0 Å². The molecule has 1 fully saturated rings. The molecule has 1 aromatic rings. The second-order valence-electron chi connectivity index (χ2n) is 5.95. The Bertz CT molecular complexity index is 623. The largest absolute Gasteiger partial charge is 0.491 e. The van der Waals surface area contributed by atoms with Gasteiger partial charge < -0.3 is 14.4 Å². The predicted molar refractivity (Wildman–Crippen MR) is 84.9 cm³/mol.